The van der Waals surface area contributed by atoms with Crippen LogP contribution in [-0.4, -0.2) is 17.8 Å². The summed E-state index contributed by atoms with van der Waals surface area (Å²) in [6.45, 7) is 0. The van der Waals surface area contributed by atoms with E-state index in [1.54, 1.807) is 24.3 Å². The zero-order valence-corrected chi connectivity index (χ0v) is 15.0. The number of hydrogen-bond acceptors (Lipinski definition) is 3. The molecular formula is C17H10ClIN2O3. The summed E-state index contributed by atoms with van der Waals surface area (Å²) in [5, 5.41) is 2.66. The van der Waals surface area contributed by atoms with Crippen molar-refractivity contribution < 1.29 is 14.4 Å². The van der Waals surface area contributed by atoms with E-state index in [0.717, 1.165) is 8.47 Å². The normalized spacial score (nSPS) is 16.5. The monoisotopic (exact) mass is 452 g/mol. The van der Waals surface area contributed by atoms with E-state index < -0.39 is 17.8 Å². The van der Waals surface area contributed by atoms with E-state index in [-0.39, 0.29) is 5.57 Å². The van der Waals surface area contributed by atoms with Gasteiger partial charge in [-0.05, 0) is 70.6 Å². The van der Waals surface area contributed by atoms with Gasteiger partial charge in [0, 0.05) is 8.59 Å². The summed E-state index contributed by atoms with van der Waals surface area (Å²) in [6.07, 6.45) is 1.46. The minimum Gasteiger partial charge on any atom is -0.273 e. The Labute approximate surface area is 156 Å². The highest BCUT2D eigenvalue weighted by molar-refractivity contribution is 14.1. The number of rotatable bonds is 2. The summed E-state index contributed by atoms with van der Waals surface area (Å²) < 4.78 is 1.03. The highest BCUT2D eigenvalue weighted by atomic mass is 127. The van der Waals surface area contributed by atoms with Gasteiger partial charge in [-0.3, -0.25) is 14.9 Å². The largest absolute Gasteiger partial charge is 0.335 e. The smallest absolute Gasteiger partial charge is 0.273 e. The van der Waals surface area contributed by atoms with Gasteiger partial charge in [0.15, 0.2) is 0 Å². The SMILES string of the molecule is O=C1NC(=O)N(c2ccc(Cl)cc2)C(=O)/C1=C/c1ccc(I)cc1. The average Bonchev–Trinajstić information content (AvgIpc) is 2.55. The lowest BCUT2D eigenvalue weighted by atomic mass is 10.1. The maximum Gasteiger partial charge on any atom is 0.335 e. The van der Waals surface area contributed by atoms with Crippen LogP contribution in [0.1, 0.15) is 5.56 Å². The van der Waals surface area contributed by atoms with Crippen molar-refractivity contribution in [1.29, 1.82) is 0 Å². The fraction of sp³-hybridized carbons (Fsp3) is 0. The van der Waals surface area contributed by atoms with Crippen LogP contribution in [0, 0.1) is 3.57 Å². The molecule has 1 N–H and O–H groups in total. The van der Waals surface area contributed by atoms with Gasteiger partial charge in [0.2, 0.25) is 0 Å². The van der Waals surface area contributed by atoms with Gasteiger partial charge < -0.3 is 0 Å². The Morgan fingerprint density at radius 3 is 2.21 bits per heavy atom. The van der Waals surface area contributed by atoms with Gasteiger partial charge in [0.05, 0.1) is 5.69 Å². The highest BCUT2D eigenvalue weighted by Gasteiger charge is 2.36. The number of amides is 4. The fourth-order valence-corrected chi connectivity index (χ4v) is 2.69. The molecule has 0 bridgehead atoms. The second-order valence-electron chi connectivity index (χ2n) is 4.99. The van der Waals surface area contributed by atoms with Crippen LogP contribution < -0.4 is 10.2 Å². The van der Waals surface area contributed by atoms with Gasteiger partial charge in [-0.1, -0.05) is 23.7 Å². The van der Waals surface area contributed by atoms with E-state index in [4.69, 9.17) is 11.6 Å². The number of benzene rings is 2. The number of hydrogen-bond donors (Lipinski definition) is 1. The van der Waals surface area contributed by atoms with E-state index >= 15 is 0 Å². The highest BCUT2D eigenvalue weighted by Crippen LogP contribution is 2.23. The molecule has 5 nitrogen and oxygen atoms in total. The van der Waals surface area contributed by atoms with Crippen LogP contribution in [0.5, 0.6) is 0 Å². The van der Waals surface area contributed by atoms with Gasteiger partial charge in [0.25, 0.3) is 11.8 Å². The molecule has 1 aliphatic rings. The lowest BCUT2D eigenvalue weighted by molar-refractivity contribution is -0.122. The predicted octanol–water partition coefficient (Wildman–Crippen LogP) is 3.61. The molecule has 1 saturated heterocycles. The predicted molar refractivity (Wildman–Crippen MR) is 99.6 cm³/mol. The molecule has 0 spiro atoms. The van der Waals surface area contributed by atoms with E-state index in [2.05, 4.69) is 27.9 Å². The Bertz CT molecular complexity index is 860. The summed E-state index contributed by atoms with van der Waals surface area (Å²) >= 11 is 7.99. The Morgan fingerprint density at radius 1 is 0.958 bits per heavy atom. The Hall–Kier alpha value is -2.19. The molecule has 0 unspecified atom stereocenters. The first-order valence-corrected chi connectivity index (χ1v) is 8.34. The van der Waals surface area contributed by atoms with Gasteiger partial charge in [-0.25, -0.2) is 9.69 Å². The summed E-state index contributed by atoms with van der Waals surface area (Å²) in [4.78, 5) is 37.7. The third kappa shape index (κ3) is 3.34. The number of imide groups is 2. The van der Waals surface area contributed by atoms with Crippen LogP contribution in [-0.2, 0) is 9.59 Å². The van der Waals surface area contributed by atoms with E-state index in [0.29, 0.717) is 16.3 Å². The Morgan fingerprint density at radius 2 is 1.58 bits per heavy atom. The van der Waals surface area contributed by atoms with Crippen molar-refractivity contribution in [2.24, 2.45) is 0 Å². The fourth-order valence-electron chi connectivity index (χ4n) is 2.21. The first-order chi connectivity index (χ1) is 11.5. The zero-order valence-electron chi connectivity index (χ0n) is 12.1. The summed E-state index contributed by atoms with van der Waals surface area (Å²) in [6, 6.07) is 12.7. The molecule has 0 aliphatic carbocycles. The summed E-state index contributed by atoms with van der Waals surface area (Å²) in [5.41, 5.74) is 0.924. The minimum absolute atomic E-state index is 0.106. The van der Waals surface area contributed by atoms with Gasteiger partial charge in [0.1, 0.15) is 5.57 Å². The molecule has 120 valence electrons. The van der Waals surface area contributed by atoms with E-state index in [9.17, 15) is 14.4 Å². The van der Waals surface area contributed by atoms with Crippen molar-refractivity contribution >= 4 is 63.8 Å². The third-order valence-corrected chi connectivity index (χ3v) is 4.34. The maximum atomic E-state index is 12.6. The number of halogens is 2. The van der Waals surface area contributed by atoms with Crippen molar-refractivity contribution in [3.8, 4) is 0 Å². The molecule has 4 amide bonds. The van der Waals surface area contributed by atoms with Crippen molar-refractivity contribution in [3.05, 3.63) is 68.3 Å². The molecule has 0 aromatic heterocycles. The van der Waals surface area contributed by atoms with Crippen molar-refractivity contribution in [2.45, 2.75) is 0 Å². The van der Waals surface area contributed by atoms with Gasteiger partial charge in [-0.15, -0.1) is 0 Å². The minimum atomic E-state index is -0.785. The third-order valence-electron chi connectivity index (χ3n) is 3.37. The van der Waals surface area contributed by atoms with Crippen LogP contribution >= 0.6 is 34.2 Å². The van der Waals surface area contributed by atoms with Crippen molar-refractivity contribution in [1.82, 2.24) is 5.32 Å². The van der Waals surface area contributed by atoms with E-state index in [1.165, 1.54) is 18.2 Å². The number of urea groups is 1. The molecular weight excluding hydrogens is 443 g/mol. The number of barbiturate groups is 1. The first-order valence-electron chi connectivity index (χ1n) is 6.88. The molecule has 1 heterocycles. The second-order valence-corrected chi connectivity index (χ2v) is 6.67. The topological polar surface area (TPSA) is 66.5 Å². The number of anilines is 1. The lowest BCUT2D eigenvalue weighted by Crippen LogP contribution is -2.54. The quantitative estimate of drug-likeness (QED) is 0.430. The molecule has 1 fully saturated rings. The molecule has 2 aromatic carbocycles. The molecule has 3 rings (SSSR count). The van der Waals surface area contributed by atoms with Crippen LogP contribution in [0.4, 0.5) is 10.5 Å². The number of nitrogens with zero attached hydrogens (tertiary/aromatic N) is 1. The van der Waals surface area contributed by atoms with Crippen LogP contribution in [0.3, 0.4) is 0 Å². The average molecular weight is 453 g/mol. The Balaban J connectivity index is 1.99. The number of carbonyl (C=O) groups excluding carboxylic acids is 3. The molecule has 24 heavy (non-hydrogen) atoms. The lowest BCUT2D eigenvalue weighted by Gasteiger charge is -2.26. The van der Waals surface area contributed by atoms with Crippen LogP contribution in [0.2, 0.25) is 5.02 Å². The molecule has 0 saturated carbocycles. The number of carbonyl (C=O) groups is 3. The molecule has 0 atom stereocenters. The second kappa shape index (κ2) is 6.74. The molecule has 2 aromatic rings. The number of nitrogens with one attached hydrogen (secondary N) is 1. The summed E-state index contributed by atoms with van der Waals surface area (Å²) in [7, 11) is 0. The zero-order chi connectivity index (χ0) is 17.3. The van der Waals surface area contributed by atoms with Gasteiger partial charge in [-0.2, -0.15) is 0 Å². The van der Waals surface area contributed by atoms with Gasteiger partial charge >= 0.3 is 6.03 Å². The summed E-state index contributed by atoms with van der Waals surface area (Å²) in [5.74, 6) is -1.39. The molecule has 1 aliphatic heterocycles. The van der Waals surface area contributed by atoms with Crippen LogP contribution in [0.15, 0.2) is 54.1 Å². The van der Waals surface area contributed by atoms with Crippen molar-refractivity contribution in [3.63, 3.8) is 0 Å². The molecule has 0 radical (unpaired) electrons. The Kier molecular flexibility index (Phi) is 4.68. The molecule has 7 heteroatoms. The standard InChI is InChI=1S/C17H10ClIN2O3/c18-11-3-7-13(8-4-11)21-16(23)14(15(22)20-17(21)24)9-10-1-5-12(19)6-2-10/h1-9H,(H,20,22,24)/b14-9+. The maximum absolute atomic E-state index is 12.6. The van der Waals surface area contributed by atoms with Crippen molar-refractivity contribution in [2.75, 3.05) is 4.90 Å². The van der Waals surface area contributed by atoms with E-state index in [1.807, 2.05) is 12.1 Å². The van der Waals surface area contributed by atoms with Crippen LogP contribution in [0.25, 0.3) is 6.08 Å². The first kappa shape index (κ1) is 16.7.